The van der Waals surface area contributed by atoms with Crippen molar-refractivity contribution >= 4 is 21.8 Å². The molecular formula is C13H25ClN2O2S. The number of hydrogen-bond donors (Lipinski definition) is 1. The molecule has 112 valence electrons. The molecule has 1 heterocycles. The quantitative estimate of drug-likeness (QED) is 0.643. The van der Waals surface area contributed by atoms with Gasteiger partial charge in [0.1, 0.15) is 0 Å². The number of hydrogen-bond acceptors (Lipinski definition) is 2. The molecule has 2 fully saturated rings. The molecule has 0 aromatic heterocycles. The first-order valence-corrected chi connectivity index (χ1v) is 9.39. The third-order valence-corrected chi connectivity index (χ3v) is 6.30. The summed E-state index contributed by atoms with van der Waals surface area (Å²) in [5, 5.41) is -0.0655. The lowest BCUT2D eigenvalue weighted by Crippen LogP contribution is -2.48. The van der Waals surface area contributed by atoms with Crippen LogP contribution in [0, 0.1) is 0 Å². The van der Waals surface area contributed by atoms with Gasteiger partial charge in [-0.25, -0.2) is 0 Å². The highest BCUT2D eigenvalue weighted by Crippen LogP contribution is 2.23. The van der Waals surface area contributed by atoms with Crippen molar-refractivity contribution in [3.8, 4) is 0 Å². The Morgan fingerprint density at radius 1 is 0.895 bits per heavy atom. The maximum Gasteiger partial charge on any atom is 0.279 e. The van der Waals surface area contributed by atoms with E-state index in [9.17, 15) is 8.42 Å². The van der Waals surface area contributed by atoms with Crippen molar-refractivity contribution in [3.63, 3.8) is 0 Å². The van der Waals surface area contributed by atoms with Gasteiger partial charge >= 0.3 is 0 Å². The first-order chi connectivity index (χ1) is 9.09. The van der Waals surface area contributed by atoms with Gasteiger partial charge in [0, 0.05) is 24.5 Å². The van der Waals surface area contributed by atoms with Gasteiger partial charge in [0.15, 0.2) is 0 Å². The molecule has 2 aliphatic rings. The number of nitrogens with zero attached hydrogens (tertiary/aromatic N) is 1. The van der Waals surface area contributed by atoms with Gasteiger partial charge in [0.25, 0.3) is 10.2 Å². The van der Waals surface area contributed by atoms with Crippen LogP contribution in [0.2, 0.25) is 0 Å². The van der Waals surface area contributed by atoms with E-state index < -0.39 is 10.2 Å². The first kappa shape index (κ1) is 15.5. The fourth-order valence-electron chi connectivity index (χ4n) is 2.94. The van der Waals surface area contributed by atoms with Crippen LogP contribution < -0.4 is 4.72 Å². The standard InChI is InChI=1S/C13H25ClN2O2S/c14-12-8-4-3-5-9-13(12)15-19(17,18)16-10-6-1-2-7-11-16/h12-13,15H,1-11H2. The van der Waals surface area contributed by atoms with E-state index in [0.29, 0.717) is 13.1 Å². The number of rotatable bonds is 3. The summed E-state index contributed by atoms with van der Waals surface area (Å²) in [4.78, 5) is 0. The van der Waals surface area contributed by atoms with Crippen LogP contribution in [0.25, 0.3) is 0 Å². The van der Waals surface area contributed by atoms with Crippen molar-refractivity contribution in [1.29, 1.82) is 0 Å². The molecule has 0 aromatic carbocycles. The maximum absolute atomic E-state index is 12.4. The molecule has 4 nitrogen and oxygen atoms in total. The van der Waals surface area contributed by atoms with Gasteiger partial charge in [-0.3, -0.25) is 0 Å². The summed E-state index contributed by atoms with van der Waals surface area (Å²) in [5.41, 5.74) is 0. The molecule has 19 heavy (non-hydrogen) atoms. The zero-order valence-corrected chi connectivity index (χ0v) is 13.1. The Kier molecular flexibility index (Phi) is 5.93. The minimum absolute atomic E-state index is 0.0655. The van der Waals surface area contributed by atoms with Crippen molar-refractivity contribution in [3.05, 3.63) is 0 Å². The average molecular weight is 309 g/mol. The average Bonchev–Trinajstić information content (AvgIpc) is 2.74. The van der Waals surface area contributed by atoms with Crippen LogP contribution in [0.15, 0.2) is 0 Å². The minimum atomic E-state index is -3.36. The molecule has 0 amide bonds. The Balaban J connectivity index is 1.98. The predicted molar refractivity (Wildman–Crippen MR) is 78.6 cm³/mol. The van der Waals surface area contributed by atoms with Crippen molar-refractivity contribution in [2.24, 2.45) is 0 Å². The van der Waals surface area contributed by atoms with Gasteiger partial charge in [-0.15, -0.1) is 11.6 Å². The molecular weight excluding hydrogens is 284 g/mol. The summed E-state index contributed by atoms with van der Waals surface area (Å²) >= 11 is 6.32. The van der Waals surface area contributed by atoms with E-state index in [-0.39, 0.29) is 11.4 Å². The number of halogens is 1. The topological polar surface area (TPSA) is 49.4 Å². The smallest absolute Gasteiger partial charge is 0.198 e. The molecule has 2 atom stereocenters. The monoisotopic (exact) mass is 308 g/mol. The van der Waals surface area contributed by atoms with E-state index in [1.807, 2.05) is 0 Å². The van der Waals surface area contributed by atoms with Gasteiger partial charge in [-0.05, 0) is 25.7 Å². The molecule has 2 rings (SSSR count). The Labute approximate surface area is 122 Å². The van der Waals surface area contributed by atoms with Gasteiger partial charge in [0.05, 0.1) is 0 Å². The molecule has 1 aliphatic heterocycles. The lowest BCUT2D eigenvalue weighted by Gasteiger charge is -2.26. The summed E-state index contributed by atoms with van der Waals surface area (Å²) in [6.07, 6.45) is 9.31. The van der Waals surface area contributed by atoms with E-state index >= 15 is 0 Å². The molecule has 6 heteroatoms. The van der Waals surface area contributed by atoms with Gasteiger partial charge in [0.2, 0.25) is 0 Å². The Morgan fingerprint density at radius 3 is 2.16 bits per heavy atom. The van der Waals surface area contributed by atoms with Crippen LogP contribution in [0.5, 0.6) is 0 Å². The molecule has 0 radical (unpaired) electrons. The van der Waals surface area contributed by atoms with Crippen LogP contribution >= 0.6 is 11.6 Å². The van der Waals surface area contributed by atoms with E-state index in [0.717, 1.165) is 57.8 Å². The van der Waals surface area contributed by atoms with Crippen LogP contribution in [0.3, 0.4) is 0 Å². The molecule has 1 saturated carbocycles. The van der Waals surface area contributed by atoms with Gasteiger partial charge in [-0.1, -0.05) is 32.1 Å². The minimum Gasteiger partial charge on any atom is -0.198 e. The third-order valence-electron chi connectivity index (χ3n) is 4.14. The lowest BCUT2D eigenvalue weighted by molar-refractivity contribution is 0.401. The second-order valence-corrected chi connectivity index (χ2v) is 7.96. The van der Waals surface area contributed by atoms with Gasteiger partial charge in [-0.2, -0.15) is 17.4 Å². The molecule has 0 aromatic rings. The maximum atomic E-state index is 12.4. The number of alkyl halides is 1. The van der Waals surface area contributed by atoms with Gasteiger partial charge < -0.3 is 0 Å². The zero-order chi connectivity index (χ0) is 13.7. The molecule has 2 unspecified atom stereocenters. The highest BCUT2D eigenvalue weighted by molar-refractivity contribution is 7.87. The fraction of sp³-hybridized carbons (Fsp3) is 1.00. The van der Waals surface area contributed by atoms with Crippen LogP contribution in [0.4, 0.5) is 0 Å². The van der Waals surface area contributed by atoms with E-state index in [2.05, 4.69) is 4.72 Å². The van der Waals surface area contributed by atoms with Crippen LogP contribution in [-0.4, -0.2) is 37.2 Å². The fourth-order valence-corrected chi connectivity index (χ4v) is 4.91. The number of nitrogens with one attached hydrogen (secondary N) is 1. The van der Waals surface area contributed by atoms with Crippen molar-refractivity contribution < 1.29 is 8.42 Å². The Morgan fingerprint density at radius 2 is 1.47 bits per heavy atom. The summed E-state index contributed by atoms with van der Waals surface area (Å²) in [7, 11) is -3.36. The van der Waals surface area contributed by atoms with Crippen LogP contribution in [-0.2, 0) is 10.2 Å². The SMILES string of the molecule is O=S(=O)(NC1CCCCCC1Cl)N1CCCCCC1. The van der Waals surface area contributed by atoms with E-state index in [1.54, 1.807) is 4.31 Å². The molecule has 0 spiro atoms. The second kappa shape index (κ2) is 7.25. The van der Waals surface area contributed by atoms with Crippen LogP contribution in [0.1, 0.15) is 57.8 Å². The normalized spacial score (nSPS) is 31.6. The summed E-state index contributed by atoms with van der Waals surface area (Å²) in [5.74, 6) is 0. The van der Waals surface area contributed by atoms with E-state index in [4.69, 9.17) is 11.6 Å². The van der Waals surface area contributed by atoms with Crippen molar-refractivity contribution in [1.82, 2.24) is 9.03 Å². The Bertz CT molecular complexity index is 367. The molecule has 1 N–H and O–H groups in total. The zero-order valence-electron chi connectivity index (χ0n) is 11.5. The Hall–Kier alpha value is 0.160. The molecule has 1 aliphatic carbocycles. The van der Waals surface area contributed by atoms with E-state index in [1.165, 1.54) is 0 Å². The van der Waals surface area contributed by atoms with Crippen molar-refractivity contribution in [2.75, 3.05) is 13.1 Å². The first-order valence-electron chi connectivity index (χ1n) is 7.51. The largest absolute Gasteiger partial charge is 0.279 e. The summed E-state index contributed by atoms with van der Waals surface area (Å²) in [6.45, 7) is 1.30. The summed E-state index contributed by atoms with van der Waals surface area (Å²) in [6, 6.07) is -0.0996. The predicted octanol–water partition coefficient (Wildman–Crippen LogP) is 2.64. The highest BCUT2D eigenvalue weighted by Gasteiger charge is 2.30. The third kappa shape index (κ3) is 4.59. The molecule has 1 saturated heterocycles. The van der Waals surface area contributed by atoms with Crippen molar-refractivity contribution in [2.45, 2.75) is 69.2 Å². The highest BCUT2D eigenvalue weighted by atomic mass is 35.5. The lowest BCUT2D eigenvalue weighted by atomic mass is 10.1. The second-order valence-electron chi connectivity index (χ2n) is 5.70. The summed E-state index contributed by atoms with van der Waals surface area (Å²) < 4.78 is 29.3. The molecule has 0 bridgehead atoms.